The summed E-state index contributed by atoms with van der Waals surface area (Å²) in [6.45, 7) is 0. The Morgan fingerprint density at radius 1 is 1.29 bits per heavy atom. The minimum atomic E-state index is -4.01. The molecule has 0 aromatic carbocycles. The van der Waals surface area contributed by atoms with Gasteiger partial charge in [0, 0.05) is 6.26 Å². The van der Waals surface area contributed by atoms with Crippen LogP contribution < -0.4 is 4.72 Å². The van der Waals surface area contributed by atoms with Crippen molar-refractivity contribution in [3.8, 4) is 0 Å². The van der Waals surface area contributed by atoms with Gasteiger partial charge in [0.15, 0.2) is 25.3 Å². The highest BCUT2D eigenvalue weighted by Gasteiger charge is 2.20. The number of anilines is 1. The van der Waals surface area contributed by atoms with E-state index < -0.39 is 24.9 Å². The Morgan fingerprint density at radius 2 is 1.88 bits per heavy atom. The molecule has 17 heavy (non-hydrogen) atoms. The fraction of sp³-hybridized carbons (Fsp3) is 0.333. The number of nitrogens with one attached hydrogen (secondary N) is 1. The fourth-order valence-corrected chi connectivity index (χ4v) is 4.85. The lowest BCUT2D eigenvalue weighted by Gasteiger charge is -2.07. The average Bonchev–Trinajstić information content (AvgIpc) is 2.05. The zero-order valence-corrected chi connectivity index (χ0v) is 13.2. The maximum absolute atomic E-state index is 11.5. The lowest BCUT2D eigenvalue weighted by molar-refractivity contribution is 0.594. The number of sulfonamides is 1. The number of hydrogen-bond donors (Lipinski definition) is 1. The summed E-state index contributed by atoms with van der Waals surface area (Å²) in [7, 11) is -7.66. The summed E-state index contributed by atoms with van der Waals surface area (Å²) in [6, 6.07) is 0. The highest BCUT2D eigenvalue weighted by Crippen LogP contribution is 2.20. The fourth-order valence-electron chi connectivity index (χ4n) is 0.874. The third-order valence-electron chi connectivity index (χ3n) is 1.32. The van der Waals surface area contributed by atoms with Crippen molar-refractivity contribution in [1.29, 1.82) is 0 Å². The van der Waals surface area contributed by atoms with Gasteiger partial charge in [0.1, 0.15) is 4.60 Å². The first-order valence-electron chi connectivity index (χ1n) is 3.95. The van der Waals surface area contributed by atoms with Crippen molar-refractivity contribution in [3.05, 3.63) is 15.4 Å². The quantitative estimate of drug-likeness (QED) is 0.787. The largest absolute Gasteiger partial charge is 0.264 e. The van der Waals surface area contributed by atoms with Crippen LogP contribution in [0.1, 0.15) is 0 Å². The lowest BCUT2D eigenvalue weighted by Crippen LogP contribution is -2.23. The molecule has 1 rings (SSSR count). The molecule has 0 saturated heterocycles. The molecule has 0 aliphatic rings. The second-order valence-corrected chi connectivity index (χ2v) is 8.88. The first-order chi connectivity index (χ1) is 7.59. The van der Waals surface area contributed by atoms with Gasteiger partial charge in [0.25, 0.3) is 0 Å². The number of rotatable bonds is 4. The molecule has 1 aromatic rings. The summed E-state index contributed by atoms with van der Waals surface area (Å²) < 4.78 is 47.3. The number of aromatic nitrogens is 2. The van der Waals surface area contributed by atoms with Gasteiger partial charge < -0.3 is 0 Å². The zero-order chi connectivity index (χ0) is 13.3. The Labute approximate surface area is 115 Å². The van der Waals surface area contributed by atoms with E-state index in [0.717, 1.165) is 6.26 Å². The Kier molecular flexibility index (Phi) is 4.49. The molecule has 0 bridgehead atoms. The van der Waals surface area contributed by atoms with Crippen LogP contribution in [0.5, 0.6) is 0 Å². The number of sulfone groups is 1. The Bertz CT molecular complexity index is 629. The van der Waals surface area contributed by atoms with E-state index in [1.807, 2.05) is 4.72 Å². The van der Waals surface area contributed by atoms with Crippen LogP contribution in [0, 0.1) is 0 Å². The van der Waals surface area contributed by atoms with Gasteiger partial charge in [-0.2, -0.15) is 0 Å². The minimum Gasteiger partial charge on any atom is -0.264 e. The van der Waals surface area contributed by atoms with E-state index in [9.17, 15) is 16.8 Å². The molecule has 0 radical (unpaired) electrons. The van der Waals surface area contributed by atoms with Crippen LogP contribution in [0.4, 0.5) is 5.82 Å². The smallest absolute Gasteiger partial charge is 0.248 e. The molecule has 0 aliphatic heterocycles. The molecule has 96 valence electrons. The predicted molar refractivity (Wildman–Crippen MR) is 69.7 cm³/mol. The summed E-state index contributed by atoms with van der Waals surface area (Å²) in [6.07, 6.45) is 2.11. The molecule has 0 unspecified atom stereocenters. The summed E-state index contributed by atoms with van der Waals surface area (Å²) in [5, 5.41) is -1.01. The molecule has 1 aromatic heterocycles. The van der Waals surface area contributed by atoms with Gasteiger partial charge in [-0.15, -0.1) is 0 Å². The van der Waals surface area contributed by atoms with Crippen molar-refractivity contribution >= 4 is 57.5 Å². The Hall–Kier alpha value is -0.260. The molecule has 0 fully saturated rings. The monoisotopic (exact) mass is 407 g/mol. The molecule has 0 amide bonds. The van der Waals surface area contributed by atoms with Gasteiger partial charge in [0.2, 0.25) is 10.0 Å². The molecular formula is C6H7Br2N3O4S2. The van der Waals surface area contributed by atoms with Gasteiger partial charge >= 0.3 is 0 Å². The van der Waals surface area contributed by atoms with Gasteiger partial charge in [-0.1, -0.05) is 0 Å². The Balaban J connectivity index is 2.99. The van der Waals surface area contributed by atoms with E-state index in [4.69, 9.17) is 0 Å². The van der Waals surface area contributed by atoms with Gasteiger partial charge in [0.05, 0.1) is 6.20 Å². The summed E-state index contributed by atoms with van der Waals surface area (Å²) in [5.74, 6) is -0.0724. The van der Waals surface area contributed by atoms with Crippen molar-refractivity contribution in [2.75, 3.05) is 16.1 Å². The summed E-state index contributed by atoms with van der Waals surface area (Å²) in [4.78, 5) is 7.60. The summed E-state index contributed by atoms with van der Waals surface area (Å²) in [5.41, 5.74) is 0. The van der Waals surface area contributed by atoms with E-state index >= 15 is 0 Å². The zero-order valence-electron chi connectivity index (χ0n) is 8.38. The highest BCUT2D eigenvalue weighted by atomic mass is 79.9. The SMILES string of the molecule is CS(=O)(=O)CS(=O)(=O)Nc1ncc(Br)nc1Br. The van der Waals surface area contributed by atoms with Crippen molar-refractivity contribution < 1.29 is 16.8 Å². The van der Waals surface area contributed by atoms with Crippen molar-refractivity contribution in [2.45, 2.75) is 0 Å². The van der Waals surface area contributed by atoms with E-state index in [1.165, 1.54) is 6.20 Å². The second-order valence-electron chi connectivity index (χ2n) is 3.09. The first kappa shape index (κ1) is 14.8. The third-order valence-corrected chi connectivity index (χ3v) is 5.72. The molecule has 0 atom stereocenters. The van der Waals surface area contributed by atoms with Crippen LogP contribution in [0.3, 0.4) is 0 Å². The van der Waals surface area contributed by atoms with Gasteiger partial charge in [-0.25, -0.2) is 26.8 Å². The van der Waals surface area contributed by atoms with Crippen LogP contribution in [0.2, 0.25) is 0 Å². The van der Waals surface area contributed by atoms with Crippen LogP contribution in [0.25, 0.3) is 0 Å². The van der Waals surface area contributed by atoms with Crippen LogP contribution >= 0.6 is 31.9 Å². The van der Waals surface area contributed by atoms with Crippen LogP contribution in [0.15, 0.2) is 15.4 Å². The molecular weight excluding hydrogens is 402 g/mol. The molecule has 7 nitrogen and oxygen atoms in total. The van der Waals surface area contributed by atoms with Crippen LogP contribution in [-0.2, 0) is 19.9 Å². The maximum Gasteiger partial charge on any atom is 0.248 e. The molecule has 11 heteroatoms. The molecule has 1 N–H and O–H groups in total. The molecule has 0 aliphatic carbocycles. The van der Waals surface area contributed by atoms with Crippen molar-refractivity contribution in [3.63, 3.8) is 0 Å². The number of hydrogen-bond acceptors (Lipinski definition) is 6. The predicted octanol–water partition coefficient (Wildman–Crippen LogP) is 0.745. The molecule has 1 heterocycles. The standard InChI is InChI=1S/C6H7Br2N3O4S2/c1-16(12,13)3-17(14,15)11-6-5(8)10-4(7)2-9-6/h2H,3H2,1H3,(H,9,11). The van der Waals surface area contributed by atoms with E-state index in [2.05, 4.69) is 41.8 Å². The molecule has 0 spiro atoms. The Morgan fingerprint density at radius 3 is 2.35 bits per heavy atom. The van der Waals surface area contributed by atoms with E-state index in [1.54, 1.807) is 0 Å². The normalized spacial score (nSPS) is 12.4. The lowest BCUT2D eigenvalue weighted by atomic mass is 10.7. The van der Waals surface area contributed by atoms with Crippen LogP contribution in [-0.4, -0.2) is 38.1 Å². The maximum atomic E-state index is 11.5. The first-order valence-corrected chi connectivity index (χ1v) is 9.25. The van der Waals surface area contributed by atoms with Crippen molar-refractivity contribution in [1.82, 2.24) is 9.97 Å². The topological polar surface area (TPSA) is 106 Å². The highest BCUT2D eigenvalue weighted by molar-refractivity contribution is 9.11. The number of nitrogens with zero attached hydrogens (tertiary/aromatic N) is 2. The third kappa shape index (κ3) is 5.27. The van der Waals surface area contributed by atoms with Gasteiger partial charge in [-0.05, 0) is 31.9 Å². The molecule has 0 saturated carbocycles. The van der Waals surface area contributed by atoms with E-state index in [-0.39, 0.29) is 10.4 Å². The van der Waals surface area contributed by atoms with E-state index in [0.29, 0.717) is 4.60 Å². The second kappa shape index (κ2) is 5.16. The van der Waals surface area contributed by atoms with Gasteiger partial charge in [-0.3, -0.25) is 4.72 Å². The average molecular weight is 409 g/mol. The van der Waals surface area contributed by atoms with Crippen molar-refractivity contribution in [2.24, 2.45) is 0 Å². The minimum absolute atomic E-state index is 0.0724. The number of halogens is 2. The summed E-state index contributed by atoms with van der Waals surface area (Å²) >= 11 is 6.05.